The Hall–Kier alpha value is -2.27. The van der Waals surface area contributed by atoms with Crippen molar-refractivity contribution in [2.45, 2.75) is 71.9 Å². The fraction of sp³-hybridized carbons (Fsp3) is 0.500. The van der Waals surface area contributed by atoms with Gasteiger partial charge in [0.25, 0.3) is 0 Å². The monoisotopic (exact) mass is 819 g/mol. The highest BCUT2D eigenvalue weighted by molar-refractivity contribution is 8.13. The number of carbonyl (C=O) groups excluding carboxylic acids is 3. The Morgan fingerprint density at radius 1 is 0.769 bits per heavy atom. The quantitative estimate of drug-likeness (QED) is 0.0227. The highest BCUT2D eigenvalue weighted by Crippen LogP contribution is 2.73. The molecule has 0 radical (unpaired) electrons. The molecule has 0 aliphatic rings. The fourth-order valence-electron chi connectivity index (χ4n) is 4.45. The molecule has 0 spiro atoms. The average Bonchev–Trinajstić information content (AvgIpc) is 3.51. The summed E-state index contributed by atoms with van der Waals surface area (Å²) in [7, 11) is -4.98. The molecule has 288 valence electrons. The van der Waals surface area contributed by atoms with Crippen LogP contribution in [0.25, 0.3) is 10.1 Å². The van der Waals surface area contributed by atoms with E-state index in [0.29, 0.717) is 48.5 Å². The summed E-state index contributed by atoms with van der Waals surface area (Å²) in [4.78, 5) is 47.4. The summed E-state index contributed by atoms with van der Waals surface area (Å²) in [6.45, 7) is 7.04. The molecule has 0 saturated carbocycles. The molecule has 0 amide bonds. The Kier molecular flexibility index (Phi) is 16.9. The van der Waals surface area contributed by atoms with E-state index < -0.39 is 64.9 Å². The van der Waals surface area contributed by atoms with Gasteiger partial charge in [0, 0.05) is 29.0 Å². The lowest BCUT2D eigenvalue weighted by atomic mass is 10.1. The Morgan fingerprint density at radius 2 is 1.25 bits per heavy atom. The van der Waals surface area contributed by atoms with Gasteiger partial charge in [0.05, 0.1) is 18.8 Å². The van der Waals surface area contributed by atoms with Crippen molar-refractivity contribution < 1.29 is 63.8 Å². The van der Waals surface area contributed by atoms with E-state index in [2.05, 4.69) is 4.74 Å². The number of unbranched alkanes of at least 4 members (excludes halogenated alkanes) is 2. The highest BCUT2D eigenvalue weighted by atomic mass is 32.2. The van der Waals surface area contributed by atoms with Crippen LogP contribution in [0.4, 0.5) is 30.7 Å². The van der Waals surface area contributed by atoms with Gasteiger partial charge in [-0.2, -0.15) is 31.5 Å². The number of thioether (sulfide) groups is 2. The zero-order valence-corrected chi connectivity index (χ0v) is 32.1. The van der Waals surface area contributed by atoms with E-state index in [1.165, 1.54) is 6.07 Å². The number of fused-ring (bicyclic) bond motifs is 1. The molecule has 0 atom stereocenters. The molecule has 1 heterocycles. The normalized spacial score (nSPS) is 12.3. The number of benzene rings is 2. The highest BCUT2D eigenvalue weighted by Gasteiger charge is 2.68. The third kappa shape index (κ3) is 11.9. The first-order chi connectivity index (χ1) is 24.4. The molecule has 0 aliphatic carbocycles. The third-order valence-electron chi connectivity index (χ3n) is 7.07. The first kappa shape index (κ1) is 44.1. The molecule has 0 fully saturated rings. The van der Waals surface area contributed by atoms with Crippen LogP contribution in [0.3, 0.4) is 0 Å². The molecule has 0 saturated heterocycles. The van der Waals surface area contributed by atoms with Crippen LogP contribution in [0.1, 0.15) is 81.5 Å². The Balaban J connectivity index is 1.76. The van der Waals surface area contributed by atoms with Crippen LogP contribution in [-0.4, -0.2) is 45.8 Å². The van der Waals surface area contributed by atoms with Crippen LogP contribution in [-0.2, 0) is 24.3 Å². The number of thiophene rings is 1. The number of ether oxygens (including phenoxy) is 1. The number of hydrogen-bond donors (Lipinski definition) is 1. The molecular weight excluding hydrogens is 781 g/mol. The molecule has 18 heteroatoms. The van der Waals surface area contributed by atoms with E-state index in [1.54, 1.807) is 0 Å². The molecule has 3 aromatic rings. The number of alkyl halides is 2. The second-order valence-corrected chi connectivity index (χ2v) is 17.9. The minimum Gasteiger partial charge on any atom is -0.416 e. The molecule has 7 nitrogen and oxygen atoms in total. The lowest BCUT2D eigenvalue weighted by Gasteiger charge is -2.24. The van der Waals surface area contributed by atoms with E-state index in [4.69, 9.17) is 9.05 Å². The minimum atomic E-state index is -4.98. The smallest absolute Gasteiger partial charge is 0.416 e. The predicted octanol–water partition coefficient (Wildman–Crippen LogP) is 10.8. The summed E-state index contributed by atoms with van der Waals surface area (Å²) in [6, 6.07) is 4.10. The number of hydrogen-bond acceptors (Lipinski definition) is 10. The zero-order valence-electron chi connectivity index (χ0n) is 28.7. The van der Waals surface area contributed by atoms with Gasteiger partial charge in [0.15, 0.2) is 10.2 Å². The lowest BCUT2D eigenvalue weighted by Crippen LogP contribution is -2.24. The van der Waals surface area contributed by atoms with Gasteiger partial charge in [0.2, 0.25) is 34.8 Å². The topological polar surface area (TPSA) is 99.1 Å². The first-order valence-electron chi connectivity index (χ1n) is 16.3. The van der Waals surface area contributed by atoms with Gasteiger partial charge in [-0.3, -0.25) is 9.59 Å². The van der Waals surface area contributed by atoms with Crippen molar-refractivity contribution in [1.29, 1.82) is 0 Å². The second kappa shape index (κ2) is 19.9. The van der Waals surface area contributed by atoms with Crippen LogP contribution in [0.2, 0.25) is 0 Å². The van der Waals surface area contributed by atoms with Gasteiger partial charge < -0.3 is 4.74 Å². The fourth-order valence-corrected chi connectivity index (χ4v) is 9.04. The molecule has 3 rings (SSSR count). The van der Waals surface area contributed by atoms with Crippen molar-refractivity contribution in [2.75, 3.05) is 24.7 Å². The van der Waals surface area contributed by atoms with Crippen LogP contribution in [0.15, 0.2) is 24.3 Å². The Labute approximate surface area is 309 Å². The van der Waals surface area contributed by atoms with Gasteiger partial charge in [-0.1, -0.05) is 51.2 Å². The van der Waals surface area contributed by atoms with Gasteiger partial charge >= 0.3 is 19.6 Å². The summed E-state index contributed by atoms with van der Waals surface area (Å²) in [5.41, 5.74) is -4.86. The summed E-state index contributed by atoms with van der Waals surface area (Å²) in [5, 5.41) is 0.0256. The average molecular weight is 820 g/mol. The van der Waals surface area contributed by atoms with Gasteiger partial charge in [-0.15, -0.1) is 11.3 Å². The molecule has 1 N–H and O–H groups in total. The van der Waals surface area contributed by atoms with Crippen LogP contribution in [0.5, 0.6) is 5.75 Å². The largest absolute Gasteiger partial charge is 0.490 e. The molecule has 0 unspecified atom stereocenters. The van der Waals surface area contributed by atoms with Crippen molar-refractivity contribution in [3.63, 3.8) is 0 Å². The molecule has 2 aromatic carbocycles. The van der Waals surface area contributed by atoms with Gasteiger partial charge in [-0.05, 0) is 67.2 Å². The molecule has 0 bridgehead atoms. The van der Waals surface area contributed by atoms with Crippen LogP contribution in [0, 0.1) is 40.9 Å². The molecule has 0 aliphatic heterocycles. The van der Waals surface area contributed by atoms with E-state index in [-0.39, 0.29) is 58.2 Å². The van der Waals surface area contributed by atoms with Crippen LogP contribution < -0.4 is 4.74 Å². The number of esters is 1. The summed E-state index contributed by atoms with van der Waals surface area (Å²) in [6.07, 6.45) is 2.14. The summed E-state index contributed by atoms with van der Waals surface area (Å²) in [5.74, 6) is -13.9. The summed E-state index contributed by atoms with van der Waals surface area (Å²) >= 11 is 2.89. The lowest BCUT2D eigenvalue weighted by molar-refractivity contribution is -0.112. The third-order valence-corrected chi connectivity index (χ3v) is 12.2. The molecule has 52 heavy (non-hydrogen) atoms. The standard InChI is InChI=1S/C34H39F7O7PS3/c1-19(2)15-25(42)50-13-7-5-11-46-49(45,47-12-6-8-14-51-26(43)16-20(3)4)34(40,41)22-9-10-23-21(17-22)18-24(52-23)33(44)48-32-30(38)28(36)27(35)29(37)31(32)39/h9-10,17-20,45H,5-8,11-16H2,1-4H3/q+1. The van der Waals surface area contributed by atoms with E-state index in [9.17, 15) is 41.2 Å². The van der Waals surface area contributed by atoms with E-state index in [1.807, 2.05) is 27.7 Å². The van der Waals surface area contributed by atoms with Crippen molar-refractivity contribution in [1.82, 2.24) is 0 Å². The van der Waals surface area contributed by atoms with Crippen molar-refractivity contribution in [3.8, 4) is 5.75 Å². The molecular formula is C34H39F7O7PS3+. The van der Waals surface area contributed by atoms with E-state index in [0.717, 1.165) is 41.7 Å². The van der Waals surface area contributed by atoms with Crippen molar-refractivity contribution in [3.05, 3.63) is 63.8 Å². The Bertz CT molecular complexity index is 1660. The zero-order chi connectivity index (χ0) is 38.8. The maximum absolute atomic E-state index is 16.2. The number of carbonyl (C=O) groups is 3. The predicted molar refractivity (Wildman–Crippen MR) is 190 cm³/mol. The van der Waals surface area contributed by atoms with Crippen molar-refractivity contribution >= 4 is 69.1 Å². The summed E-state index contributed by atoms with van der Waals surface area (Å²) < 4.78 is 117. The van der Waals surface area contributed by atoms with E-state index >= 15 is 8.78 Å². The minimum absolute atomic E-state index is 0.00395. The second-order valence-electron chi connectivity index (χ2n) is 12.4. The maximum Gasteiger partial charge on any atom is 0.490 e. The van der Waals surface area contributed by atoms with Crippen molar-refractivity contribution in [2.24, 2.45) is 11.8 Å². The maximum atomic E-state index is 16.2. The van der Waals surface area contributed by atoms with Gasteiger partial charge in [-0.25, -0.2) is 18.0 Å². The SMILES string of the molecule is CC(C)CC(=O)SCCCCO[P+](O)(OCCCCSC(=O)CC(C)C)C(F)(F)c1ccc2sc(C(=O)Oc3c(F)c(F)c(F)c(F)c3F)cc2c1. The van der Waals surface area contributed by atoms with Crippen LogP contribution >= 0.6 is 42.8 Å². The number of rotatable bonds is 20. The first-order valence-corrected chi connectivity index (χ1v) is 20.6. The van der Waals surface area contributed by atoms with Gasteiger partial charge in [0.1, 0.15) is 4.88 Å². The molecule has 1 aromatic heterocycles. The number of halogens is 7. The Morgan fingerprint density at radius 3 is 1.73 bits per heavy atom.